The summed E-state index contributed by atoms with van der Waals surface area (Å²) in [4.78, 5) is 24.2. The predicted molar refractivity (Wildman–Crippen MR) is 160 cm³/mol. The summed E-state index contributed by atoms with van der Waals surface area (Å²) in [5, 5.41) is 13.2. The molecule has 0 amide bonds. The molecular formula is C34H38N2O4. The van der Waals surface area contributed by atoms with Crippen LogP contribution in [0.4, 0.5) is 0 Å². The fourth-order valence-electron chi connectivity index (χ4n) is 4.84. The number of rotatable bonds is 15. The SMILES string of the molecule is O=C(O)c1cn(CCCCCCNCC(C2=CCC=CC=C2)c2ccccc2)cc(OCc2ccccc2)c1=O. The molecule has 0 radical (unpaired) electrons. The van der Waals surface area contributed by atoms with Crippen LogP contribution in [-0.4, -0.2) is 28.7 Å². The first-order valence-corrected chi connectivity index (χ1v) is 14.0. The molecule has 0 bridgehead atoms. The van der Waals surface area contributed by atoms with Crippen LogP contribution in [0.1, 0.15) is 59.5 Å². The molecule has 0 fully saturated rings. The molecule has 0 aliphatic heterocycles. The number of carbonyl (C=O) groups is 1. The van der Waals surface area contributed by atoms with Gasteiger partial charge in [-0.1, -0.05) is 104 Å². The average molecular weight is 539 g/mol. The highest BCUT2D eigenvalue weighted by Gasteiger charge is 2.16. The van der Waals surface area contributed by atoms with Crippen LogP contribution in [0.25, 0.3) is 0 Å². The van der Waals surface area contributed by atoms with E-state index in [0.29, 0.717) is 12.5 Å². The van der Waals surface area contributed by atoms with Gasteiger partial charge in [-0.15, -0.1) is 0 Å². The lowest BCUT2D eigenvalue weighted by atomic mass is 9.90. The van der Waals surface area contributed by atoms with Crippen molar-refractivity contribution >= 4 is 5.97 Å². The van der Waals surface area contributed by atoms with E-state index >= 15 is 0 Å². The maximum Gasteiger partial charge on any atom is 0.341 e. The van der Waals surface area contributed by atoms with Crippen molar-refractivity contribution in [2.24, 2.45) is 0 Å². The van der Waals surface area contributed by atoms with Crippen LogP contribution < -0.4 is 15.5 Å². The van der Waals surface area contributed by atoms with Gasteiger partial charge in [0.2, 0.25) is 5.43 Å². The minimum atomic E-state index is -1.24. The number of ether oxygens (including phenoxy) is 1. The number of hydrogen-bond donors (Lipinski definition) is 2. The van der Waals surface area contributed by atoms with Crippen molar-refractivity contribution in [1.82, 2.24) is 9.88 Å². The van der Waals surface area contributed by atoms with Crippen LogP contribution in [0.5, 0.6) is 5.75 Å². The molecule has 0 saturated carbocycles. The smallest absolute Gasteiger partial charge is 0.341 e. The number of allylic oxidation sites excluding steroid dienone is 5. The van der Waals surface area contributed by atoms with Crippen molar-refractivity contribution in [3.63, 3.8) is 0 Å². The summed E-state index contributed by atoms with van der Waals surface area (Å²) in [6.45, 7) is 2.67. The van der Waals surface area contributed by atoms with Crippen LogP contribution in [0.3, 0.4) is 0 Å². The van der Waals surface area contributed by atoms with Gasteiger partial charge in [0.1, 0.15) is 12.2 Å². The van der Waals surface area contributed by atoms with Crippen molar-refractivity contribution in [2.45, 2.75) is 51.2 Å². The molecular weight excluding hydrogens is 500 g/mol. The normalized spacial score (nSPS) is 13.4. The zero-order valence-corrected chi connectivity index (χ0v) is 22.9. The third-order valence-corrected chi connectivity index (χ3v) is 7.01. The first kappa shape index (κ1) is 28.8. The molecule has 4 rings (SSSR count). The van der Waals surface area contributed by atoms with Crippen LogP contribution in [-0.2, 0) is 13.2 Å². The zero-order chi connectivity index (χ0) is 28.0. The summed E-state index contributed by atoms with van der Waals surface area (Å²) >= 11 is 0. The van der Waals surface area contributed by atoms with E-state index in [4.69, 9.17) is 4.74 Å². The Kier molecular flexibility index (Phi) is 11.1. The quantitative estimate of drug-likeness (QED) is 0.216. The van der Waals surface area contributed by atoms with Crippen molar-refractivity contribution in [3.05, 3.63) is 136 Å². The number of aromatic nitrogens is 1. The fourth-order valence-corrected chi connectivity index (χ4v) is 4.84. The zero-order valence-electron chi connectivity index (χ0n) is 22.9. The first-order valence-electron chi connectivity index (χ1n) is 14.0. The van der Waals surface area contributed by atoms with Gasteiger partial charge >= 0.3 is 5.97 Å². The summed E-state index contributed by atoms with van der Waals surface area (Å²) in [6, 6.07) is 20.2. The van der Waals surface area contributed by atoms with Gasteiger partial charge in [0.05, 0.1) is 6.20 Å². The lowest BCUT2D eigenvalue weighted by molar-refractivity contribution is 0.0693. The standard InChI is InChI=1S/C34H38N2O4/c37-33-31(34(38)39)24-36(25-32(33)40-26-27-15-7-5-8-16-27)22-14-4-3-13-21-35-23-30(29-19-11-6-12-20-29)28-17-9-1-2-10-18-28/h1-2,5-9,11-12,15-20,24-25,30,35H,3-4,10,13-14,21-23,26H2,(H,38,39). The first-order chi connectivity index (χ1) is 19.6. The van der Waals surface area contributed by atoms with Crippen LogP contribution in [0.15, 0.2) is 114 Å². The summed E-state index contributed by atoms with van der Waals surface area (Å²) in [5.74, 6) is -0.857. The number of carboxylic acids is 1. The maximum atomic E-state index is 12.6. The summed E-state index contributed by atoms with van der Waals surface area (Å²) < 4.78 is 7.47. The molecule has 0 saturated heterocycles. The maximum absolute atomic E-state index is 12.6. The Morgan fingerprint density at radius 3 is 2.48 bits per heavy atom. The number of carboxylic acid groups (broad SMARTS) is 1. The van der Waals surface area contributed by atoms with E-state index in [2.05, 4.69) is 66.0 Å². The van der Waals surface area contributed by atoms with Crippen LogP contribution >= 0.6 is 0 Å². The molecule has 1 aliphatic rings. The molecule has 1 atom stereocenters. The highest BCUT2D eigenvalue weighted by atomic mass is 16.5. The van der Waals surface area contributed by atoms with Crippen molar-refractivity contribution in [1.29, 1.82) is 0 Å². The molecule has 6 heteroatoms. The van der Waals surface area contributed by atoms with E-state index in [1.54, 1.807) is 10.8 Å². The molecule has 1 aliphatic carbocycles. The summed E-state index contributed by atoms with van der Waals surface area (Å²) in [5.41, 5.74) is 2.72. The largest absolute Gasteiger partial charge is 0.483 e. The van der Waals surface area contributed by atoms with Crippen LogP contribution in [0, 0.1) is 0 Å². The van der Waals surface area contributed by atoms with E-state index in [1.807, 2.05) is 30.3 Å². The van der Waals surface area contributed by atoms with Gasteiger partial charge in [-0.2, -0.15) is 0 Å². The molecule has 1 heterocycles. The molecule has 0 spiro atoms. The molecule has 6 nitrogen and oxygen atoms in total. The number of unbranched alkanes of at least 4 members (excludes halogenated alkanes) is 3. The average Bonchev–Trinajstić information content (AvgIpc) is 3.26. The van der Waals surface area contributed by atoms with Crippen molar-refractivity contribution in [3.8, 4) is 5.75 Å². The molecule has 40 heavy (non-hydrogen) atoms. The lowest BCUT2D eigenvalue weighted by Crippen LogP contribution is -2.23. The van der Waals surface area contributed by atoms with Gasteiger partial charge < -0.3 is 19.7 Å². The monoisotopic (exact) mass is 538 g/mol. The van der Waals surface area contributed by atoms with E-state index < -0.39 is 11.4 Å². The number of pyridine rings is 1. The number of nitrogens with zero attached hydrogens (tertiary/aromatic N) is 1. The topological polar surface area (TPSA) is 80.6 Å². The minimum absolute atomic E-state index is 0.0651. The molecule has 1 aromatic heterocycles. The molecule has 2 N–H and O–H groups in total. The number of benzene rings is 2. The van der Waals surface area contributed by atoms with E-state index in [9.17, 15) is 14.7 Å². The Hall–Kier alpha value is -4.16. The third kappa shape index (κ3) is 8.68. The Labute approximate surface area is 236 Å². The second kappa shape index (κ2) is 15.4. The Morgan fingerprint density at radius 2 is 1.70 bits per heavy atom. The lowest BCUT2D eigenvalue weighted by Gasteiger charge is -2.20. The van der Waals surface area contributed by atoms with Crippen molar-refractivity contribution < 1.29 is 14.6 Å². The van der Waals surface area contributed by atoms with Gasteiger partial charge in [0.25, 0.3) is 0 Å². The third-order valence-electron chi connectivity index (χ3n) is 7.01. The Bertz CT molecular complexity index is 1370. The Balaban J connectivity index is 1.23. The molecule has 1 unspecified atom stereocenters. The predicted octanol–water partition coefficient (Wildman–Crippen LogP) is 6.50. The van der Waals surface area contributed by atoms with Gasteiger partial charge in [0, 0.05) is 25.2 Å². The Morgan fingerprint density at radius 1 is 0.950 bits per heavy atom. The van der Waals surface area contributed by atoms with E-state index in [1.165, 1.54) is 17.3 Å². The molecule has 2 aromatic carbocycles. The number of aromatic carboxylic acids is 1. The highest BCUT2D eigenvalue weighted by Crippen LogP contribution is 2.26. The number of nitrogens with one attached hydrogen (secondary N) is 1. The fraction of sp³-hybridized carbons (Fsp3) is 0.294. The highest BCUT2D eigenvalue weighted by molar-refractivity contribution is 5.87. The van der Waals surface area contributed by atoms with Crippen molar-refractivity contribution in [2.75, 3.05) is 13.1 Å². The van der Waals surface area contributed by atoms with Gasteiger partial charge in [-0.3, -0.25) is 4.79 Å². The number of aryl methyl sites for hydroxylation is 1. The second-order valence-electron chi connectivity index (χ2n) is 9.99. The van der Waals surface area contributed by atoms with Gasteiger partial charge in [0.15, 0.2) is 5.75 Å². The number of hydrogen-bond acceptors (Lipinski definition) is 4. The molecule has 208 valence electrons. The van der Waals surface area contributed by atoms with Gasteiger partial charge in [-0.25, -0.2) is 4.79 Å². The minimum Gasteiger partial charge on any atom is -0.483 e. The van der Waals surface area contributed by atoms with E-state index in [-0.39, 0.29) is 17.9 Å². The molecule has 3 aromatic rings. The summed E-state index contributed by atoms with van der Waals surface area (Å²) in [7, 11) is 0. The van der Waals surface area contributed by atoms with Crippen LogP contribution in [0.2, 0.25) is 0 Å². The van der Waals surface area contributed by atoms with Gasteiger partial charge in [-0.05, 0) is 42.5 Å². The van der Waals surface area contributed by atoms with E-state index in [0.717, 1.165) is 50.8 Å². The second-order valence-corrected chi connectivity index (χ2v) is 9.99. The summed E-state index contributed by atoms with van der Waals surface area (Å²) in [6.07, 6.45) is 18.9.